The summed E-state index contributed by atoms with van der Waals surface area (Å²) in [4.78, 5) is 0. The molecule has 2 N–H and O–H groups in total. The lowest BCUT2D eigenvalue weighted by molar-refractivity contribution is 0.615. The number of thioether (sulfide) groups is 1. The van der Waals surface area contributed by atoms with Gasteiger partial charge in [-0.2, -0.15) is 11.8 Å². The fraction of sp³-hybridized carbons (Fsp3) is 0.400. The van der Waals surface area contributed by atoms with E-state index in [1.807, 2.05) is 11.8 Å². The molecule has 0 bridgehead atoms. The Morgan fingerprint density at radius 1 is 1.50 bits per heavy atom. The fourth-order valence-corrected chi connectivity index (χ4v) is 3.51. The van der Waals surface area contributed by atoms with E-state index in [-0.39, 0.29) is 11.9 Å². The van der Waals surface area contributed by atoms with Crippen molar-refractivity contribution in [2.75, 3.05) is 5.75 Å². The molecular weight excluding hydrogens is 265 g/mol. The standard InChI is InChI=1S/C10H11BrFNS/c11-9-4-6(12)3-7-8(9)5-14-2-1-10(7)13/h3-4,10H,1-2,5,13H2. The summed E-state index contributed by atoms with van der Waals surface area (Å²) in [6.07, 6.45) is 0.924. The van der Waals surface area contributed by atoms with Crippen molar-refractivity contribution >= 4 is 27.7 Å². The SMILES string of the molecule is NC1CCSCc2c(Br)cc(F)cc21. The van der Waals surface area contributed by atoms with Gasteiger partial charge in [-0.1, -0.05) is 15.9 Å². The van der Waals surface area contributed by atoms with E-state index in [1.165, 1.54) is 6.07 Å². The third-order valence-electron chi connectivity index (χ3n) is 2.41. The molecule has 0 spiro atoms. The van der Waals surface area contributed by atoms with Crippen LogP contribution in [0.2, 0.25) is 0 Å². The number of hydrogen-bond donors (Lipinski definition) is 1. The van der Waals surface area contributed by atoms with E-state index in [0.29, 0.717) is 0 Å². The molecule has 0 radical (unpaired) electrons. The normalized spacial score (nSPS) is 21.5. The van der Waals surface area contributed by atoms with E-state index in [2.05, 4.69) is 15.9 Å². The maximum atomic E-state index is 13.2. The minimum absolute atomic E-state index is 0.0213. The second kappa shape index (κ2) is 4.21. The number of nitrogens with two attached hydrogens (primary N) is 1. The van der Waals surface area contributed by atoms with Crippen LogP contribution in [0.15, 0.2) is 16.6 Å². The minimum atomic E-state index is -0.210. The second-order valence-corrected chi connectivity index (χ2v) is 5.36. The monoisotopic (exact) mass is 275 g/mol. The number of fused-ring (bicyclic) bond motifs is 1. The largest absolute Gasteiger partial charge is 0.324 e. The molecular formula is C10H11BrFNS. The molecule has 14 heavy (non-hydrogen) atoms. The van der Waals surface area contributed by atoms with E-state index >= 15 is 0 Å². The van der Waals surface area contributed by atoms with E-state index in [9.17, 15) is 4.39 Å². The predicted molar refractivity (Wildman–Crippen MR) is 61.8 cm³/mol. The molecule has 0 amide bonds. The summed E-state index contributed by atoms with van der Waals surface area (Å²) in [5, 5.41) is 0. The van der Waals surface area contributed by atoms with Gasteiger partial charge in [0.2, 0.25) is 0 Å². The molecule has 4 heteroatoms. The van der Waals surface area contributed by atoms with Gasteiger partial charge in [0.25, 0.3) is 0 Å². The third kappa shape index (κ3) is 1.97. The Labute approximate surface area is 95.4 Å². The van der Waals surface area contributed by atoms with Crippen molar-refractivity contribution in [2.24, 2.45) is 5.73 Å². The van der Waals surface area contributed by atoms with Crippen molar-refractivity contribution in [3.05, 3.63) is 33.5 Å². The van der Waals surface area contributed by atoms with Crippen LogP contribution in [0.5, 0.6) is 0 Å². The molecule has 1 aromatic carbocycles. The van der Waals surface area contributed by atoms with Crippen molar-refractivity contribution in [2.45, 2.75) is 18.2 Å². The van der Waals surface area contributed by atoms with Crippen molar-refractivity contribution in [3.8, 4) is 0 Å². The van der Waals surface area contributed by atoms with Gasteiger partial charge in [0.05, 0.1) is 0 Å². The summed E-state index contributed by atoms with van der Waals surface area (Å²) in [5.74, 6) is 1.76. The molecule has 0 saturated heterocycles. The number of halogens is 2. The highest BCUT2D eigenvalue weighted by Gasteiger charge is 2.18. The average molecular weight is 276 g/mol. The van der Waals surface area contributed by atoms with Gasteiger partial charge in [0, 0.05) is 16.3 Å². The highest BCUT2D eigenvalue weighted by molar-refractivity contribution is 9.10. The van der Waals surface area contributed by atoms with Crippen molar-refractivity contribution in [1.29, 1.82) is 0 Å². The van der Waals surface area contributed by atoms with Crippen molar-refractivity contribution < 1.29 is 4.39 Å². The molecule has 76 valence electrons. The lowest BCUT2D eigenvalue weighted by atomic mass is 10.00. The number of hydrogen-bond acceptors (Lipinski definition) is 2. The van der Waals surface area contributed by atoms with Crippen molar-refractivity contribution in [3.63, 3.8) is 0 Å². The van der Waals surface area contributed by atoms with Gasteiger partial charge in [-0.25, -0.2) is 4.39 Å². The van der Waals surface area contributed by atoms with E-state index in [1.54, 1.807) is 6.07 Å². The zero-order valence-electron chi connectivity index (χ0n) is 7.59. The van der Waals surface area contributed by atoms with Gasteiger partial charge in [0.15, 0.2) is 0 Å². The van der Waals surface area contributed by atoms with E-state index < -0.39 is 0 Å². The van der Waals surface area contributed by atoms with Crippen LogP contribution in [0.1, 0.15) is 23.6 Å². The first kappa shape index (κ1) is 10.5. The minimum Gasteiger partial charge on any atom is -0.324 e. The quantitative estimate of drug-likeness (QED) is 0.787. The Bertz CT molecular complexity index is 356. The van der Waals surface area contributed by atoms with Gasteiger partial charge >= 0.3 is 0 Å². The highest BCUT2D eigenvalue weighted by atomic mass is 79.9. The third-order valence-corrected chi connectivity index (χ3v) is 4.14. The van der Waals surface area contributed by atoms with E-state index in [4.69, 9.17) is 5.73 Å². The number of rotatable bonds is 0. The Kier molecular flexibility index (Phi) is 3.14. The van der Waals surface area contributed by atoms with Gasteiger partial charge < -0.3 is 5.73 Å². The van der Waals surface area contributed by atoms with E-state index in [0.717, 1.165) is 33.5 Å². The molecule has 1 unspecified atom stereocenters. The highest BCUT2D eigenvalue weighted by Crippen LogP contribution is 2.34. The first-order valence-corrected chi connectivity index (χ1v) is 6.44. The smallest absolute Gasteiger partial charge is 0.124 e. The lowest BCUT2D eigenvalue weighted by Crippen LogP contribution is -2.12. The van der Waals surface area contributed by atoms with Crippen LogP contribution in [0.25, 0.3) is 0 Å². The topological polar surface area (TPSA) is 26.0 Å². The molecule has 0 saturated carbocycles. The summed E-state index contributed by atoms with van der Waals surface area (Å²) in [6, 6.07) is 3.06. The van der Waals surface area contributed by atoms with Crippen LogP contribution in [-0.4, -0.2) is 5.75 Å². The van der Waals surface area contributed by atoms with Crippen LogP contribution < -0.4 is 5.73 Å². The summed E-state index contributed by atoms with van der Waals surface area (Å²) >= 11 is 5.24. The molecule has 2 rings (SSSR count). The molecule has 1 heterocycles. The summed E-state index contributed by atoms with van der Waals surface area (Å²) in [5.41, 5.74) is 8.10. The Hall–Kier alpha value is -0.0600. The van der Waals surface area contributed by atoms with Crippen LogP contribution in [0.3, 0.4) is 0 Å². The van der Waals surface area contributed by atoms with Gasteiger partial charge in [-0.15, -0.1) is 0 Å². The van der Waals surface area contributed by atoms with Crippen LogP contribution >= 0.6 is 27.7 Å². The maximum absolute atomic E-state index is 13.2. The summed E-state index contributed by atoms with van der Waals surface area (Å²) < 4.78 is 14.0. The first-order valence-electron chi connectivity index (χ1n) is 4.49. The van der Waals surface area contributed by atoms with Gasteiger partial charge in [0.1, 0.15) is 5.82 Å². The summed E-state index contributed by atoms with van der Waals surface area (Å²) in [7, 11) is 0. The van der Waals surface area contributed by atoms with Crippen LogP contribution in [-0.2, 0) is 5.75 Å². The molecule has 1 aromatic rings. The van der Waals surface area contributed by atoms with Crippen molar-refractivity contribution in [1.82, 2.24) is 0 Å². The molecule has 0 fully saturated rings. The molecule has 0 aliphatic carbocycles. The fourth-order valence-electron chi connectivity index (χ4n) is 1.65. The zero-order chi connectivity index (χ0) is 10.1. The molecule has 0 aromatic heterocycles. The zero-order valence-corrected chi connectivity index (χ0v) is 10.00. The first-order chi connectivity index (χ1) is 6.68. The Morgan fingerprint density at radius 3 is 3.07 bits per heavy atom. The molecule has 1 aliphatic rings. The molecule has 1 aliphatic heterocycles. The Morgan fingerprint density at radius 2 is 2.29 bits per heavy atom. The van der Waals surface area contributed by atoms with Crippen LogP contribution in [0.4, 0.5) is 4.39 Å². The number of benzene rings is 1. The van der Waals surface area contributed by atoms with Crippen LogP contribution in [0, 0.1) is 5.82 Å². The van der Waals surface area contributed by atoms with Gasteiger partial charge in [-0.3, -0.25) is 0 Å². The lowest BCUT2D eigenvalue weighted by Gasteiger charge is -2.13. The Balaban J connectivity index is 2.53. The maximum Gasteiger partial charge on any atom is 0.124 e. The predicted octanol–water partition coefficient (Wildman–Crippen LogP) is 3.22. The molecule has 1 atom stereocenters. The second-order valence-electron chi connectivity index (χ2n) is 3.40. The van der Waals surface area contributed by atoms with Gasteiger partial charge in [-0.05, 0) is 35.4 Å². The average Bonchev–Trinajstić information content (AvgIpc) is 2.29. The molecule has 1 nitrogen and oxygen atoms in total. The summed E-state index contributed by atoms with van der Waals surface area (Å²) in [6.45, 7) is 0.